The Labute approximate surface area is 149 Å². The summed E-state index contributed by atoms with van der Waals surface area (Å²) in [5, 5.41) is 12.4. The smallest absolute Gasteiger partial charge is 0.225 e. The average Bonchev–Trinajstić information content (AvgIpc) is 2.61. The number of pyridine rings is 1. The van der Waals surface area contributed by atoms with Crippen LogP contribution in [-0.4, -0.2) is 15.0 Å². The Kier molecular flexibility index (Phi) is 4.87. The van der Waals surface area contributed by atoms with E-state index in [-0.39, 0.29) is 17.0 Å². The van der Waals surface area contributed by atoms with Gasteiger partial charge in [0, 0.05) is 24.0 Å². The predicted molar refractivity (Wildman–Crippen MR) is 93.4 cm³/mol. The molecule has 0 bridgehead atoms. The Hall–Kier alpha value is -3.04. The first kappa shape index (κ1) is 16.8. The molecule has 1 unspecified atom stereocenters. The van der Waals surface area contributed by atoms with Gasteiger partial charge in [-0.1, -0.05) is 23.7 Å². The maximum atomic E-state index is 13.0. The zero-order valence-electron chi connectivity index (χ0n) is 13.2. The normalized spacial score (nSPS) is 11.6. The fraction of sp³-hybridized carbons (Fsp3) is 0.111. The summed E-state index contributed by atoms with van der Waals surface area (Å²) in [4.78, 5) is 12.6. The molecule has 0 saturated heterocycles. The molecule has 25 heavy (non-hydrogen) atoms. The first-order chi connectivity index (χ1) is 12.0. The van der Waals surface area contributed by atoms with Crippen LogP contribution < -0.4 is 5.32 Å². The Bertz CT molecular complexity index is 937. The lowest BCUT2D eigenvalue weighted by molar-refractivity contribution is 0.626. The summed E-state index contributed by atoms with van der Waals surface area (Å²) < 4.78 is 13.0. The largest absolute Gasteiger partial charge is 0.348 e. The number of nitrogens with one attached hydrogen (secondary N) is 1. The second kappa shape index (κ2) is 7.24. The third kappa shape index (κ3) is 4.08. The maximum Gasteiger partial charge on any atom is 0.225 e. The van der Waals surface area contributed by atoms with E-state index in [1.54, 1.807) is 30.5 Å². The fourth-order valence-corrected chi connectivity index (χ4v) is 2.48. The van der Waals surface area contributed by atoms with Gasteiger partial charge >= 0.3 is 0 Å². The van der Waals surface area contributed by atoms with Crippen LogP contribution in [0.3, 0.4) is 0 Å². The number of aromatic nitrogens is 3. The van der Waals surface area contributed by atoms with Crippen LogP contribution in [0.4, 0.5) is 10.3 Å². The molecule has 7 heteroatoms. The first-order valence-electron chi connectivity index (χ1n) is 7.47. The molecule has 1 atom stereocenters. The standard InChI is InChI=1S/C18H13ClFN5/c1-11(13-2-4-15(20)5-3-13)23-18-24-16(7-17(19)25-18)14-6-12(8-21)9-22-10-14/h2-7,9-11H,1H3,(H,23,24,25). The summed E-state index contributed by atoms with van der Waals surface area (Å²) >= 11 is 6.10. The number of hydrogen-bond acceptors (Lipinski definition) is 5. The van der Waals surface area contributed by atoms with E-state index in [0.717, 1.165) is 5.56 Å². The van der Waals surface area contributed by atoms with Gasteiger partial charge in [-0.15, -0.1) is 0 Å². The van der Waals surface area contributed by atoms with E-state index in [4.69, 9.17) is 16.9 Å². The van der Waals surface area contributed by atoms with Crippen LogP contribution in [0, 0.1) is 17.1 Å². The molecule has 0 aliphatic rings. The minimum atomic E-state index is -0.290. The molecular weight excluding hydrogens is 341 g/mol. The molecule has 1 N–H and O–H groups in total. The lowest BCUT2D eigenvalue weighted by atomic mass is 10.1. The number of nitriles is 1. The molecule has 0 radical (unpaired) electrons. The van der Waals surface area contributed by atoms with Gasteiger partial charge in [0.1, 0.15) is 17.0 Å². The van der Waals surface area contributed by atoms with Crippen LogP contribution in [-0.2, 0) is 0 Å². The molecule has 1 aromatic carbocycles. The van der Waals surface area contributed by atoms with Gasteiger partial charge in [0.05, 0.1) is 17.3 Å². The van der Waals surface area contributed by atoms with Crippen LogP contribution in [0.1, 0.15) is 24.1 Å². The average molecular weight is 354 g/mol. The van der Waals surface area contributed by atoms with Crippen molar-refractivity contribution in [1.82, 2.24) is 15.0 Å². The Morgan fingerprint density at radius 3 is 2.64 bits per heavy atom. The van der Waals surface area contributed by atoms with E-state index in [2.05, 4.69) is 20.3 Å². The van der Waals surface area contributed by atoms with Gasteiger partial charge in [0.2, 0.25) is 5.95 Å². The topological polar surface area (TPSA) is 74.5 Å². The highest BCUT2D eigenvalue weighted by molar-refractivity contribution is 6.29. The quantitative estimate of drug-likeness (QED) is 0.705. The third-order valence-corrected chi connectivity index (χ3v) is 3.77. The van der Waals surface area contributed by atoms with Crippen molar-refractivity contribution in [2.75, 3.05) is 5.32 Å². The molecular formula is C18H13ClFN5. The Morgan fingerprint density at radius 1 is 1.16 bits per heavy atom. The molecule has 0 fully saturated rings. The van der Waals surface area contributed by atoms with Crippen molar-refractivity contribution in [2.24, 2.45) is 0 Å². The highest BCUT2D eigenvalue weighted by atomic mass is 35.5. The van der Waals surface area contributed by atoms with Crippen molar-refractivity contribution >= 4 is 17.5 Å². The highest BCUT2D eigenvalue weighted by Gasteiger charge is 2.11. The minimum absolute atomic E-state index is 0.143. The van der Waals surface area contributed by atoms with E-state index < -0.39 is 0 Å². The maximum absolute atomic E-state index is 13.0. The van der Waals surface area contributed by atoms with Crippen molar-refractivity contribution in [3.63, 3.8) is 0 Å². The molecule has 3 rings (SSSR count). The number of anilines is 1. The van der Waals surface area contributed by atoms with Crippen molar-refractivity contribution in [2.45, 2.75) is 13.0 Å². The Morgan fingerprint density at radius 2 is 1.92 bits per heavy atom. The van der Waals surface area contributed by atoms with E-state index in [1.807, 2.05) is 13.0 Å². The van der Waals surface area contributed by atoms with E-state index >= 15 is 0 Å². The molecule has 0 saturated carbocycles. The molecule has 3 aromatic rings. The van der Waals surface area contributed by atoms with Crippen molar-refractivity contribution in [3.05, 3.63) is 70.9 Å². The molecule has 2 aromatic heterocycles. The van der Waals surface area contributed by atoms with Gasteiger partial charge in [-0.25, -0.2) is 14.4 Å². The van der Waals surface area contributed by atoms with Crippen LogP contribution in [0.25, 0.3) is 11.3 Å². The number of nitrogens with zero attached hydrogens (tertiary/aromatic N) is 4. The number of benzene rings is 1. The second-order valence-electron chi connectivity index (χ2n) is 5.39. The van der Waals surface area contributed by atoms with Crippen LogP contribution in [0.5, 0.6) is 0 Å². The molecule has 2 heterocycles. The lowest BCUT2D eigenvalue weighted by Crippen LogP contribution is -2.10. The Balaban J connectivity index is 1.89. The molecule has 0 amide bonds. The SMILES string of the molecule is CC(Nc1nc(Cl)cc(-c2cncc(C#N)c2)n1)c1ccc(F)cc1. The van der Waals surface area contributed by atoms with E-state index in [0.29, 0.717) is 22.8 Å². The zero-order chi connectivity index (χ0) is 17.8. The third-order valence-electron chi connectivity index (χ3n) is 3.57. The van der Waals surface area contributed by atoms with Gasteiger partial charge in [-0.2, -0.15) is 5.26 Å². The highest BCUT2D eigenvalue weighted by Crippen LogP contribution is 2.24. The van der Waals surface area contributed by atoms with Gasteiger partial charge < -0.3 is 5.32 Å². The first-order valence-corrected chi connectivity index (χ1v) is 7.85. The van der Waals surface area contributed by atoms with E-state index in [9.17, 15) is 4.39 Å². The van der Waals surface area contributed by atoms with Crippen molar-refractivity contribution in [3.8, 4) is 17.3 Å². The van der Waals surface area contributed by atoms with Gasteiger partial charge in [-0.3, -0.25) is 4.98 Å². The van der Waals surface area contributed by atoms with Crippen LogP contribution in [0.15, 0.2) is 48.8 Å². The van der Waals surface area contributed by atoms with E-state index in [1.165, 1.54) is 18.3 Å². The molecule has 0 aliphatic heterocycles. The predicted octanol–water partition coefficient (Wildman–Crippen LogP) is 4.38. The summed E-state index contributed by atoms with van der Waals surface area (Å²) in [6.45, 7) is 1.91. The zero-order valence-corrected chi connectivity index (χ0v) is 14.0. The number of rotatable bonds is 4. The van der Waals surface area contributed by atoms with Crippen molar-refractivity contribution < 1.29 is 4.39 Å². The lowest BCUT2D eigenvalue weighted by Gasteiger charge is -2.15. The van der Waals surface area contributed by atoms with Crippen LogP contribution >= 0.6 is 11.6 Å². The summed E-state index contributed by atoms with van der Waals surface area (Å²) in [6, 6.07) is 11.4. The molecule has 0 spiro atoms. The fourth-order valence-electron chi connectivity index (χ4n) is 2.30. The van der Waals surface area contributed by atoms with Gasteiger partial charge in [0.25, 0.3) is 0 Å². The molecule has 5 nitrogen and oxygen atoms in total. The number of hydrogen-bond donors (Lipinski definition) is 1. The summed E-state index contributed by atoms with van der Waals surface area (Å²) in [5.74, 6) is 0.0452. The molecule has 0 aliphatic carbocycles. The summed E-state index contributed by atoms with van der Waals surface area (Å²) in [7, 11) is 0. The summed E-state index contributed by atoms with van der Waals surface area (Å²) in [6.07, 6.45) is 3.08. The van der Waals surface area contributed by atoms with Gasteiger partial charge in [-0.05, 0) is 30.7 Å². The minimum Gasteiger partial charge on any atom is -0.348 e. The summed E-state index contributed by atoms with van der Waals surface area (Å²) in [5.41, 5.74) is 2.54. The van der Waals surface area contributed by atoms with Crippen LogP contribution in [0.2, 0.25) is 5.15 Å². The second-order valence-corrected chi connectivity index (χ2v) is 5.78. The van der Waals surface area contributed by atoms with Crippen molar-refractivity contribution in [1.29, 1.82) is 5.26 Å². The number of halogens is 2. The monoisotopic (exact) mass is 353 g/mol. The van der Waals surface area contributed by atoms with Gasteiger partial charge in [0.15, 0.2) is 0 Å². The molecule has 124 valence electrons.